The number of anilines is 1. The number of carbonyl (C=O) groups is 3. The number of amides is 2. The van der Waals surface area contributed by atoms with Crippen molar-refractivity contribution in [2.75, 3.05) is 18.2 Å². The Morgan fingerprint density at radius 3 is 2.41 bits per heavy atom. The molecule has 0 aliphatic carbocycles. The van der Waals surface area contributed by atoms with Crippen molar-refractivity contribution < 1.29 is 23.9 Å². The summed E-state index contributed by atoms with van der Waals surface area (Å²) in [6.07, 6.45) is 0.348. The van der Waals surface area contributed by atoms with Gasteiger partial charge in [0.1, 0.15) is 19.0 Å². The van der Waals surface area contributed by atoms with Gasteiger partial charge >= 0.3 is 5.97 Å². The van der Waals surface area contributed by atoms with Crippen molar-refractivity contribution in [2.24, 2.45) is 0 Å². The maximum absolute atomic E-state index is 12.1. The summed E-state index contributed by atoms with van der Waals surface area (Å²) in [6, 6.07) is 13.9. The summed E-state index contributed by atoms with van der Waals surface area (Å²) in [7, 11) is 0. The smallest absolute Gasteiger partial charge is 0.338 e. The number of hydrogen-bond acceptors (Lipinski definition) is 5. The molecule has 0 radical (unpaired) electrons. The molecule has 1 heterocycles. The number of rotatable bonds is 6. The van der Waals surface area contributed by atoms with E-state index < -0.39 is 5.97 Å². The van der Waals surface area contributed by atoms with Gasteiger partial charge in [-0.1, -0.05) is 17.7 Å². The zero-order chi connectivity index (χ0) is 19.2. The van der Waals surface area contributed by atoms with Gasteiger partial charge in [0.05, 0.1) is 11.3 Å². The molecule has 7 nitrogen and oxygen atoms in total. The maximum atomic E-state index is 12.1. The summed E-state index contributed by atoms with van der Waals surface area (Å²) in [5.74, 6) is -0.179. The Morgan fingerprint density at radius 1 is 1.00 bits per heavy atom. The van der Waals surface area contributed by atoms with Crippen LogP contribution in [0.15, 0.2) is 48.5 Å². The van der Waals surface area contributed by atoms with Gasteiger partial charge in [-0.15, -0.1) is 0 Å². The lowest BCUT2D eigenvalue weighted by Crippen LogP contribution is -2.50. The quantitative estimate of drug-likeness (QED) is 0.625. The van der Waals surface area contributed by atoms with E-state index in [0.717, 1.165) is 5.56 Å². The van der Waals surface area contributed by atoms with Crippen LogP contribution in [0.4, 0.5) is 5.69 Å². The molecule has 2 aromatic rings. The molecule has 1 N–H and O–H groups in total. The zero-order valence-corrected chi connectivity index (χ0v) is 14.9. The van der Waals surface area contributed by atoms with E-state index in [9.17, 15) is 14.4 Å². The van der Waals surface area contributed by atoms with Gasteiger partial charge < -0.3 is 9.47 Å². The maximum Gasteiger partial charge on any atom is 0.338 e. The molecule has 2 amide bonds. The van der Waals surface area contributed by atoms with Gasteiger partial charge in [0.15, 0.2) is 0 Å². The third-order valence-electron chi connectivity index (χ3n) is 4.02. The Bertz CT molecular complexity index is 830. The van der Waals surface area contributed by atoms with E-state index in [0.29, 0.717) is 17.0 Å². The second kappa shape index (κ2) is 8.35. The van der Waals surface area contributed by atoms with Crippen LogP contribution >= 0.6 is 0 Å². The van der Waals surface area contributed by atoms with Crippen molar-refractivity contribution in [3.8, 4) is 5.75 Å². The van der Waals surface area contributed by atoms with Crippen LogP contribution in [0.3, 0.4) is 0 Å². The Balaban J connectivity index is 1.49. The minimum absolute atomic E-state index is 0.120. The van der Waals surface area contributed by atoms with E-state index >= 15 is 0 Å². The lowest BCUT2D eigenvalue weighted by atomic mass is 10.2. The fourth-order valence-electron chi connectivity index (χ4n) is 2.54. The molecule has 2 aromatic carbocycles. The van der Waals surface area contributed by atoms with Crippen LogP contribution in [0.1, 0.15) is 28.8 Å². The van der Waals surface area contributed by atoms with Crippen LogP contribution in [0.2, 0.25) is 0 Å². The SMILES string of the molecule is Cc1ccc(OCCOC(=O)c2ccc(N3NC(=O)CCC3=O)cc2)cc1. The van der Waals surface area contributed by atoms with Crippen molar-refractivity contribution in [3.63, 3.8) is 0 Å². The average molecular weight is 368 g/mol. The number of hydrazine groups is 1. The average Bonchev–Trinajstić information content (AvgIpc) is 2.68. The van der Waals surface area contributed by atoms with Crippen LogP contribution in [0.25, 0.3) is 0 Å². The Morgan fingerprint density at radius 2 is 1.70 bits per heavy atom. The van der Waals surface area contributed by atoms with Crippen molar-refractivity contribution >= 4 is 23.5 Å². The van der Waals surface area contributed by atoms with E-state index in [1.807, 2.05) is 31.2 Å². The number of esters is 1. The van der Waals surface area contributed by atoms with E-state index in [1.54, 1.807) is 24.3 Å². The lowest BCUT2D eigenvalue weighted by Gasteiger charge is -2.27. The van der Waals surface area contributed by atoms with E-state index in [2.05, 4.69) is 5.43 Å². The number of ether oxygens (including phenoxy) is 2. The topological polar surface area (TPSA) is 84.9 Å². The first kappa shape index (κ1) is 18.4. The number of nitrogens with zero attached hydrogens (tertiary/aromatic N) is 1. The highest BCUT2D eigenvalue weighted by atomic mass is 16.6. The van der Waals surface area contributed by atoms with Gasteiger partial charge in [0, 0.05) is 12.8 Å². The molecule has 0 unspecified atom stereocenters. The third kappa shape index (κ3) is 4.84. The zero-order valence-electron chi connectivity index (χ0n) is 14.9. The minimum atomic E-state index is -0.483. The first-order valence-electron chi connectivity index (χ1n) is 8.62. The molecule has 1 saturated heterocycles. The Labute approximate surface area is 156 Å². The fourth-order valence-corrected chi connectivity index (χ4v) is 2.54. The highest BCUT2D eigenvalue weighted by molar-refractivity contribution is 6.01. The summed E-state index contributed by atoms with van der Waals surface area (Å²) < 4.78 is 10.7. The molecular formula is C20H20N2O5. The monoisotopic (exact) mass is 368 g/mol. The van der Waals surface area contributed by atoms with Crippen LogP contribution in [-0.2, 0) is 14.3 Å². The number of aryl methyl sites for hydroxylation is 1. The van der Waals surface area contributed by atoms with Crippen molar-refractivity contribution in [1.82, 2.24) is 5.43 Å². The number of nitrogens with one attached hydrogen (secondary N) is 1. The Kier molecular flexibility index (Phi) is 5.71. The van der Waals surface area contributed by atoms with Crippen LogP contribution in [0.5, 0.6) is 5.75 Å². The highest BCUT2D eigenvalue weighted by Crippen LogP contribution is 2.18. The molecule has 1 fully saturated rings. The van der Waals surface area contributed by atoms with Crippen molar-refractivity contribution in [2.45, 2.75) is 19.8 Å². The summed E-state index contributed by atoms with van der Waals surface area (Å²) in [6.45, 7) is 2.36. The van der Waals surface area contributed by atoms with Gasteiger partial charge in [-0.2, -0.15) is 0 Å². The second-order valence-corrected chi connectivity index (χ2v) is 6.11. The van der Waals surface area contributed by atoms with Crippen LogP contribution in [-0.4, -0.2) is 31.0 Å². The molecule has 0 spiro atoms. The van der Waals surface area contributed by atoms with Gasteiger partial charge in [0.25, 0.3) is 0 Å². The molecule has 27 heavy (non-hydrogen) atoms. The normalized spacial score (nSPS) is 13.9. The first-order valence-corrected chi connectivity index (χ1v) is 8.62. The lowest BCUT2D eigenvalue weighted by molar-refractivity contribution is -0.130. The van der Waals surface area contributed by atoms with Crippen molar-refractivity contribution in [3.05, 3.63) is 59.7 Å². The summed E-state index contributed by atoms with van der Waals surface area (Å²) in [5.41, 5.74) is 4.49. The van der Waals surface area contributed by atoms with Gasteiger partial charge in [-0.05, 0) is 43.3 Å². The largest absolute Gasteiger partial charge is 0.490 e. The molecule has 7 heteroatoms. The van der Waals surface area contributed by atoms with E-state index in [-0.39, 0.29) is 37.9 Å². The van der Waals surface area contributed by atoms with Crippen LogP contribution < -0.4 is 15.2 Å². The fraction of sp³-hybridized carbons (Fsp3) is 0.250. The molecule has 0 atom stereocenters. The molecule has 0 saturated carbocycles. The third-order valence-corrected chi connectivity index (χ3v) is 4.02. The Hall–Kier alpha value is -3.35. The molecular weight excluding hydrogens is 348 g/mol. The number of carbonyl (C=O) groups excluding carboxylic acids is 3. The van der Waals surface area contributed by atoms with E-state index in [4.69, 9.17) is 9.47 Å². The van der Waals surface area contributed by atoms with E-state index in [1.165, 1.54) is 5.01 Å². The standard InChI is InChI=1S/C20H20N2O5/c1-14-2-8-17(9-3-14)26-12-13-27-20(25)15-4-6-16(7-5-15)22-19(24)11-10-18(23)21-22/h2-9H,10-13H2,1H3,(H,21,23). The summed E-state index contributed by atoms with van der Waals surface area (Å²) >= 11 is 0. The predicted octanol–water partition coefficient (Wildman–Crippen LogP) is 2.39. The van der Waals surface area contributed by atoms with Gasteiger partial charge in [-0.3, -0.25) is 15.0 Å². The summed E-state index contributed by atoms with van der Waals surface area (Å²) in [4.78, 5) is 35.4. The van der Waals surface area contributed by atoms with Crippen molar-refractivity contribution in [1.29, 1.82) is 0 Å². The first-order chi connectivity index (χ1) is 13.0. The molecule has 3 rings (SSSR count). The number of benzene rings is 2. The molecule has 1 aliphatic rings. The number of hydrogen-bond donors (Lipinski definition) is 1. The minimum Gasteiger partial charge on any atom is -0.490 e. The molecule has 0 aromatic heterocycles. The molecule has 0 bridgehead atoms. The van der Waals surface area contributed by atoms with Gasteiger partial charge in [0.2, 0.25) is 11.8 Å². The van der Waals surface area contributed by atoms with Gasteiger partial charge in [-0.25, -0.2) is 9.80 Å². The summed E-state index contributed by atoms with van der Waals surface area (Å²) in [5, 5.41) is 1.19. The predicted molar refractivity (Wildman–Crippen MR) is 98.3 cm³/mol. The highest BCUT2D eigenvalue weighted by Gasteiger charge is 2.24. The second-order valence-electron chi connectivity index (χ2n) is 6.11. The molecule has 1 aliphatic heterocycles. The van der Waals surface area contributed by atoms with Crippen LogP contribution in [0, 0.1) is 6.92 Å². The molecule has 140 valence electrons.